The van der Waals surface area contributed by atoms with Crippen LogP contribution < -0.4 is 0 Å². The lowest BCUT2D eigenvalue weighted by atomic mass is 9.98. The van der Waals surface area contributed by atoms with E-state index in [9.17, 15) is 9.90 Å². The molecule has 1 rings (SSSR count). The van der Waals surface area contributed by atoms with Gasteiger partial charge >= 0.3 is 5.97 Å². The van der Waals surface area contributed by atoms with Crippen LogP contribution in [0.2, 0.25) is 0 Å². The predicted molar refractivity (Wildman–Crippen MR) is 48.5 cm³/mol. The van der Waals surface area contributed by atoms with Gasteiger partial charge in [-0.3, -0.25) is 9.69 Å². The molecule has 13 heavy (non-hydrogen) atoms. The van der Waals surface area contributed by atoms with Crippen molar-refractivity contribution in [2.24, 2.45) is 0 Å². The average molecular weight is 187 g/mol. The second kappa shape index (κ2) is 4.58. The fourth-order valence-corrected chi connectivity index (χ4v) is 1.93. The van der Waals surface area contributed by atoms with E-state index in [2.05, 4.69) is 0 Å². The standard InChI is InChI=1S/C9H17NO3/c1-7(11)8-4-2-3-5-10(8)6-9(12)13/h7-8,11H,2-6H2,1H3,(H,12,13). The molecule has 2 unspecified atom stereocenters. The summed E-state index contributed by atoms with van der Waals surface area (Å²) in [5.74, 6) is -0.812. The highest BCUT2D eigenvalue weighted by molar-refractivity contribution is 5.69. The molecule has 4 heteroatoms. The Balaban J connectivity index is 2.51. The number of carboxylic acid groups (broad SMARTS) is 1. The van der Waals surface area contributed by atoms with Crippen molar-refractivity contribution in [1.82, 2.24) is 4.90 Å². The average Bonchev–Trinajstić information content (AvgIpc) is 2.03. The van der Waals surface area contributed by atoms with E-state index >= 15 is 0 Å². The summed E-state index contributed by atoms with van der Waals surface area (Å²) in [6.07, 6.45) is 2.60. The molecule has 1 heterocycles. The van der Waals surface area contributed by atoms with Crippen LogP contribution in [0.1, 0.15) is 26.2 Å². The van der Waals surface area contributed by atoms with Crippen molar-refractivity contribution < 1.29 is 15.0 Å². The van der Waals surface area contributed by atoms with Crippen LogP contribution in [-0.4, -0.2) is 46.3 Å². The number of nitrogens with zero attached hydrogens (tertiary/aromatic N) is 1. The molecule has 0 radical (unpaired) electrons. The zero-order valence-corrected chi connectivity index (χ0v) is 7.94. The van der Waals surface area contributed by atoms with Gasteiger partial charge in [0.15, 0.2) is 0 Å². The number of piperidine rings is 1. The lowest BCUT2D eigenvalue weighted by Gasteiger charge is -2.36. The van der Waals surface area contributed by atoms with Crippen molar-refractivity contribution in [3.8, 4) is 0 Å². The summed E-state index contributed by atoms with van der Waals surface area (Å²) in [5.41, 5.74) is 0. The van der Waals surface area contributed by atoms with E-state index in [0.717, 1.165) is 25.8 Å². The number of aliphatic hydroxyl groups excluding tert-OH is 1. The molecular weight excluding hydrogens is 170 g/mol. The van der Waals surface area contributed by atoms with E-state index in [1.54, 1.807) is 6.92 Å². The second-order valence-electron chi connectivity index (χ2n) is 3.67. The van der Waals surface area contributed by atoms with Crippen molar-refractivity contribution in [2.45, 2.75) is 38.3 Å². The molecule has 0 spiro atoms. The highest BCUT2D eigenvalue weighted by atomic mass is 16.4. The van der Waals surface area contributed by atoms with E-state index in [1.807, 2.05) is 4.90 Å². The number of carboxylic acids is 1. The Morgan fingerprint density at radius 3 is 2.85 bits per heavy atom. The highest BCUT2D eigenvalue weighted by Crippen LogP contribution is 2.19. The van der Waals surface area contributed by atoms with Gasteiger partial charge < -0.3 is 10.2 Å². The highest BCUT2D eigenvalue weighted by Gasteiger charge is 2.27. The molecule has 4 nitrogen and oxygen atoms in total. The van der Waals surface area contributed by atoms with E-state index < -0.39 is 12.1 Å². The Labute approximate surface area is 78.2 Å². The Hall–Kier alpha value is -0.610. The number of aliphatic hydroxyl groups is 1. The summed E-state index contributed by atoms with van der Waals surface area (Å²) in [4.78, 5) is 12.4. The normalized spacial score (nSPS) is 27.1. The van der Waals surface area contributed by atoms with Crippen molar-refractivity contribution in [3.63, 3.8) is 0 Å². The molecule has 0 bridgehead atoms. The zero-order valence-electron chi connectivity index (χ0n) is 7.94. The van der Waals surface area contributed by atoms with Gasteiger partial charge in [0.25, 0.3) is 0 Å². The lowest BCUT2D eigenvalue weighted by molar-refractivity contribution is -0.140. The molecule has 0 aromatic carbocycles. The third kappa shape index (κ3) is 2.97. The van der Waals surface area contributed by atoms with Crippen LogP contribution in [0.5, 0.6) is 0 Å². The van der Waals surface area contributed by atoms with Crippen LogP contribution >= 0.6 is 0 Å². The monoisotopic (exact) mass is 187 g/mol. The van der Waals surface area contributed by atoms with Crippen LogP contribution in [0.15, 0.2) is 0 Å². The summed E-state index contributed by atoms with van der Waals surface area (Å²) in [5, 5.41) is 18.1. The van der Waals surface area contributed by atoms with Crippen molar-refractivity contribution in [2.75, 3.05) is 13.1 Å². The van der Waals surface area contributed by atoms with Gasteiger partial charge in [0.05, 0.1) is 12.6 Å². The molecule has 0 aromatic heterocycles. The fourth-order valence-electron chi connectivity index (χ4n) is 1.93. The maximum atomic E-state index is 10.5. The first-order valence-electron chi connectivity index (χ1n) is 4.75. The van der Waals surface area contributed by atoms with Crippen molar-refractivity contribution in [3.05, 3.63) is 0 Å². The Bertz CT molecular complexity index is 182. The van der Waals surface area contributed by atoms with Crippen LogP contribution in [0, 0.1) is 0 Å². The summed E-state index contributed by atoms with van der Waals surface area (Å²) in [6.45, 7) is 2.57. The molecule has 0 saturated carbocycles. The van der Waals surface area contributed by atoms with E-state index in [4.69, 9.17) is 5.11 Å². The molecule has 0 aliphatic carbocycles. The Morgan fingerprint density at radius 2 is 2.31 bits per heavy atom. The molecule has 0 amide bonds. The van der Waals surface area contributed by atoms with Gasteiger partial charge in [-0.25, -0.2) is 0 Å². The minimum atomic E-state index is -0.812. The number of hydrogen-bond acceptors (Lipinski definition) is 3. The third-order valence-electron chi connectivity index (χ3n) is 2.56. The van der Waals surface area contributed by atoms with Gasteiger partial charge in [0.2, 0.25) is 0 Å². The van der Waals surface area contributed by atoms with Gasteiger partial charge in [-0.1, -0.05) is 6.42 Å². The quantitative estimate of drug-likeness (QED) is 0.667. The van der Waals surface area contributed by atoms with Gasteiger partial charge in [-0.05, 0) is 26.3 Å². The van der Waals surface area contributed by atoms with Crippen LogP contribution in [0.4, 0.5) is 0 Å². The predicted octanol–water partition coefficient (Wildman–Crippen LogP) is 0.306. The van der Waals surface area contributed by atoms with E-state index in [-0.39, 0.29) is 12.6 Å². The maximum Gasteiger partial charge on any atom is 0.317 e. The molecule has 1 saturated heterocycles. The fraction of sp³-hybridized carbons (Fsp3) is 0.889. The van der Waals surface area contributed by atoms with Gasteiger partial charge in [0.1, 0.15) is 0 Å². The summed E-state index contributed by atoms with van der Waals surface area (Å²) >= 11 is 0. The molecule has 1 fully saturated rings. The zero-order chi connectivity index (χ0) is 9.84. The smallest absolute Gasteiger partial charge is 0.317 e. The SMILES string of the molecule is CC(O)C1CCCCN1CC(=O)O. The van der Waals surface area contributed by atoms with Crippen molar-refractivity contribution in [1.29, 1.82) is 0 Å². The van der Waals surface area contributed by atoms with Gasteiger partial charge in [-0.15, -0.1) is 0 Å². The molecule has 76 valence electrons. The van der Waals surface area contributed by atoms with E-state index in [1.165, 1.54) is 0 Å². The number of rotatable bonds is 3. The molecular formula is C9H17NO3. The maximum absolute atomic E-state index is 10.5. The third-order valence-corrected chi connectivity index (χ3v) is 2.56. The Morgan fingerprint density at radius 1 is 1.62 bits per heavy atom. The minimum absolute atomic E-state index is 0.0323. The number of carbonyl (C=O) groups is 1. The van der Waals surface area contributed by atoms with Crippen molar-refractivity contribution >= 4 is 5.97 Å². The minimum Gasteiger partial charge on any atom is -0.480 e. The number of likely N-dealkylation sites (tertiary alicyclic amines) is 1. The lowest BCUT2D eigenvalue weighted by Crippen LogP contribution is -2.47. The Kier molecular flexibility index (Phi) is 3.69. The first kappa shape index (κ1) is 10.5. The van der Waals surface area contributed by atoms with Crippen LogP contribution in [0.25, 0.3) is 0 Å². The van der Waals surface area contributed by atoms with E-state index in [0.29, 0.717) is 0 Å². The topological polar surface area (TPSA) is 60.8 Å². The first-order chi connectivity index (χ1) is 6.11. The van der Waals surface area contributed by atoms with Crippen LogP contribution in [-0.2, 0) is 4.79 Å². The number of aliphatic carboxylic acids is 1. The summed E-state index contributed by atoms with van der Waals surface area (Å²) in [7, 11) is 0. The molecule has 2 atom stereocenters. The molecule has 0 aromatic rings. The first-order valence-corrected chi connectivity index (χ1v) is 4.75. The largest absolute Gasteiger partial charge is 0.480 e. The summed E-state index contributed by atoms with van der Waals surface area (Å²) < 4.78 is 0. The second-order valence-corrected chi connectivity index (χ2v) is 3.67. The molecule has 1 aliphatic heterocycles. The summed E-state index contributed by atoms with van der Waals surface area (Å²) in [6, 6.07) is 0.0323. The molecule has 2 N–H and O–H groups in total. The molecule has 1 aliphatic rings. The number of hydrogen-bond donors (Lipinski definition) is 2. The van der Waals surface area contributed by atoms with Gasteiger partial charge in [-0.2, -0.15) is 0 Å². The van der Waals surface area contributed by atoms with Crippen LogP contribution in [0.3, 0.4) is 0 Å². The van der Waals surface area contributed by atoms with Gasteiger partial charge in [0, 0.05) is 6.04 Å².